The second kappa shape index (κ2) is 12.5. The fourth-order valence-corrected chi connectivity index (χ4v) is 2.28. The summed E-state index contributed by atoms with van der Waals surface area (Å²) < 4.78 is 12.1. The van der Waals surface area contributed by atoms with E-state index in [4.69, 9.17) is 9.47 Å². The van der Waals surface area contributed by atoms with Gasteiger partial charge in [0.05, 0.1) is 13.2 Å². The Morgan fingerprint density at radius 3 is 1.57 bits per heavy atom. The fraction of sp³-hybridized carbons (Fsp3) is 1.00. The number of rotatable bonds is 14. The number of hydrogen-bond donors (Lipinski definition) is 0. The molecule has 0 aromatic carbocycles. The van der Waals surface area contributed by atoms with Gasteiger partial charge in [-0.25, -0.2) is 0 Å². The quantitative estimate of drug-likeness (QED) is 0.281. The largest absolute Gasteiger partial charge is 0.350 e. The van der Waals surface area contributed by atoms with E-state index in [0.29, 0.717) is 11.8 Å². The van der Waals surface area contributed by atoms with Crippen molar-refractivity contribution in [3.8, 4) is 0 Å². The molecule has 0 heterocycles. The summed E-state index contributed by atoms with van der Waals surface area (Å²) in [5, 5.41) is 0. The Kier molecular flexibility index (Phi) is 12.4. The molecule has 2 nitrogen and oxygen atoms in total. The standard InChI is InChI=1S/C19H40O2/c1-7-8-9-10-11-12-13-14-19(6,20-15-17(2)3)21-16-18(4)5/h17-18H,7-16H2,1-6H3. The van der Waals surface area contributed by atoms with E-state index < -0.39 is 5.79 Å². The molecule has 0 atom stereocenters. The summed E-state index contributed by atoms with van der Waals surface area (Å²) in [6.07, 6.45) is 10.3. The smallest absolute Gasteiger partial charge is 0.165 e. The maximum Gasteiger partial charge on any atom is 0.165 e. The number of hydrogen-bond acceptors (Lipinski definition) is 2. The van der Waals surface area contributed by atoms with Crippen LogP contribution < -0.4 is 0 Å². The van der Waals surface area contributed by atoms with Crippen LogP contribution in [0.5, 0.6) is 0 Å². The van der Waals surface area contributed by atoms with Gasteiger partial charge < -0.3 is 9.47 Å². The third kappa shape index (κ3) is 13.3. The normalized spacial score (nSPS) is 12.6. The maximum absolute atomic E-state index is 6.06. The first-order valence-electron chi connectivity index (χ1n) is 9.17. The first kappa shape index (κ1) is 20.9. The summed E-state index contributed by atoms with van der Waals surface area (Å²) in [4.78, 5) is 0. The number of ether oxygens (including phenoxy) is 2. The average Bonchev–Trinajstić information content (AvgIpc) is 2.42. The molecule has 128 valence electrons. The Labute approximate surface area is 134 Å². The molecule has 0 radical (unpaired) electrons. The van der Waals surface area contributed by atoms with Crippen molar-refractivity contribution in [2.45, 2.75) is 98.7 Å². The van der Waals surface area contributed by atoms with Gasteiger partial charge >= 0.3 is 0 Å². The minimum atomic E-state index is -0.391. The Bertz CT molecular complexity index is 212. The van der Waals surface area contributed by atoms with E-state index >= 15 is 0 Å². The van der Waals surface area contributed by atoms with Crippen LogP contribution in [0.15, 0.2) is 0 Å². The molecule has 0 fully saturated rings. The van der Waals surface area contributed by atoms with Crippen molar-refractivity contribution in [2.75, 3.05) is 13.2 Å². The van der Waals surface area contributed by atoms with Crippen LogP contribution >= 0.6 is 0 Å². The summed E-state index contributed by atoms with van der Waals surface area (Å²) in [5.74, 6) is 0.722. The minimum Gasteiger partial charge on any atom is -0.350 e. The molecule has 0 saturated heterocycles. The molecular weight excluding hydrogens is 260 g/mol. The SMILES string of the molecule is CCCCCCCCCC(C)(OCC(C)C)OCC(C)C. The fourth-order valence-electron chi connectivity index (χ4n) is 2.28. The van der Waals surface area contributed by atoms with Gasteiger partial charge in [-0.15, -0.1) is 0 Å². The van der Waals surface area contributed by atoms with Gasteiger partial charge in [0.1, 0.15) is 0 Å². The number of unbranched alkanes of at least 4 members (excludes halogenated alkanes) is 6. The van der Waals surface area contributed by atoms with Gasteiger partial charge in [0.25, 0.3) is 0 Å². The molecule has 0 bridgehead atoms. The molecule has 0 amide bonds. The Morgan fingerprint density at radius 2 is 1.14 bits per heavy atom. The monoisotopic (exact) mass is 300 g/mol. The molecule has 0 aliphatic heterocycles. The zero-order chi connectivity index (χ0) is 16.1. The van der Waals surface area contributed by atoms with Crippen LogP contribution in [-0.4, -0.2) is 19.0 Å². The van der Waals surface area contributed by atoms with Gasteiger partial charge in [0.15, 0.2) is 5.79 Å². The summed E-state index contributed by atoms with van der Waals surface area (Å²) in [7, 11) is 0. The van der Waals surface area contributed by atoms with Gasteiger partial charge in [0.2, 0.25) is 0 Å². The van der Waals surface area contributed by atoms with Crippen molar-refractivity contribution in [1.29, 1.82) is 0 Å². The Balaban J connectivity index is 3.97. The summed E-state index contributed by atoms with van der Waals surface area (Å²) in [5.41, 5.74) is 0. The molecule has 0 aromatic heterocycles. The highest BCUT2D eigenvalue weighted by atomic mass is 16.7. The van der Waals surface area contributed by atoms with Crippen molar-refractivity contribution in [3.63, 3.8) is 0 Å². The zero-order valence-corrected chi connectivity index (χ0v) is 15.5. The predicted octanol–water partition coefficient (Wildman–Crippen LogP) is 6.19. The Hall–Kier alpha value is -0.0800. The molecule has 0 aliphatic carbocycles. The van der Waals surface area contributed by atoms with Crippen molar-refractivity contribution in [3.05, 3.63) is 0 Å². The van der Waals surface area contributed by atoms with E-state index in [1.54, 1.807) is 0 Å². The second-order valence-electron chi connectivity index (χ2n) is 7.41. The molecule has 0 N–H and O–H groups in total. The lowest BCUT2D eigenvalue weighted by Gasteiger charge is -2.32. The third-order valence-corrected chi connectivity index (χ3v) is 3.68. The lowest BCUT2D eigenvalue weighted by Crippen LogP contribution is -2.35. The van der Waals surface area contributed by atoms with Crippen LogP contribution in [-0.2, 0) is 9.47 Å². The van der Waals surface area contributed by atoms with Gasteiger partial charge in [-0.1, -0.05) is 73.1 Å². The molecular formula is C19H40O2. The molecule has 0 rings (SSSR count). The van der Waals surface area contributed by atoms with E-state index in [1.165, 1.54) is 44.9 Å². The first-order valence-corrected chi connectivity index (χ1v) is 9.17. The van der Waals surface area contributed by atoms with E-state index in [-0.39, 0.29) is 0 Å². The van der Waals surface area contributed by atoms with Crippen LogP contribution in [0.4, 0.5) is 0 Å². The molecule has 21 heavy (non-hydrogen) atoms. The highest BCUT2D eigenvalue weighted by molar-refractivity contribution is 4.65. The highest BCUT2D eigenvalue weighted by Gasteiger charge is 2.26. The molecule has 0 saturated carbocycles. The summed E-state index contributed by atoms with van der Waals surface area (Å²) in [6.45, 7) is 14.7. The lowest BCUT2D eigenvalue weighted by molar-refractivity contribution is -0.238. The molecule has 0 unspecified atom stereocenters. The van der Waals surface area contributed by atoms with Gasteiger partial charge in [-0.2, -0.15) is 0 Å². The third-order valence-electron chi connectivity index (χ3n) is 3.68. The lowest BCUT2D eigenvalue weighted by atomic mass is 10.0. The van der Waals surface area contributed by atoms with E-state index in [9.17, 15) is 0 Å². The minimum absolute atomic E-state index is 0.391. The van der Waals surface area contributed by atoms with Gasteiger partial charge in [-0.05, 0) is 25.2 Å². The van der Waals surface area contributed by atoms with Crippen LogP contribution in [0.2, 0.25) is 0 Å². The van der Waals surface area contributed by atoms with Crippen molar-refractivity contribution in [2.24, 2.45) is 11.8 Å². The molecule has 2 heteroatoms. The first-order chi connectivity index (χ1) is 9.89. The zero-order valence-electron chi connectivity index (χ0n) is 15.5. The van der Waals surface area contributed by atoms with E-state index in [0.717, 1.165) is 19.6 Å². The van der Waals surface area contributed by atoms with Crippen LogP contribution in [0.3, 0.4) is 0 Å². The van der Waals surface area contributed by atoms with E-state index in [2.05, 4.69) is 41.5 Å². The topological polar surface area (TPSA) is 18.5 Å². The summed E-state index contributed by atoms with van der Waals surface area (Å²) in [6, 6.07) is 0. The van der Waals surface area contributed by atoms with Crippen molar-refractivity contribution in [1.82, 2.24) is 0 Å². The second-order valence-corrected chi connectivity index (χ2v) is 7.41. The van der Waals surface area contributed by atoms with E-state index in [1.807, 2.05) is 0 Å². The van der Waals surface area contributed by atoms with Crippen LogP contribution in [0.25, 0.3) is 0 Å². The maximum atomic E-state index is 6.06. The van der Waals surface area contributed by atoms with Crippen molar-refractivity contribution < 1.29 is 9.47 Å². The molecule has 0 aromatic rings. The summed E-state index contributed by atoms with van der Waals surface area (Å²) >= 11 is 0. The predicted molar refractivity (Wildman–Crippen MR) is 92.6 cm³/mol. The molecule has 0 aliphatic rings. The van der Waals surface area contributed by atoms with Gasteiger partial charge in [0, 0.05) is 6.42 Å². The highest BCUT2D eigenvalue weighted by Crippen LogP contribution is 2.23. The Morgan fingerprint density at radius 1 is 0.714 bits per heavy atom. The molecule has 0 spiro atoms. The van der Waals surface area contributed by atoms with Crippen molar-refractivity contribution >= 4 is 0 Å². The average molecular weight is 301 g/mol. The van der Waals surface area contributed by atoms with Crippen LogP contribution in [0.1, 0.15) is 92.9 Å². The van der Waals surface area contributed by atoms with Crippen LogP contribution in [0, 0.1) is 11.8 Å². The van der Waals surface area contributed by atoms with Gasteiger partial charge in [-0.3, -0.25) is 0 Å².